The van der Waals surface area contributed by atoms with Crippen molar-refractivity contribution in [3.05, 3.63) is 144 Å². The second-order valence-corrected chi connectivity index (χ2v) is 9.75. The van der Waals surface area contributed by atoms with Gasteiger partial charge >= 0.3 is 0 Å². The number of nitrogens with zero attached hydrogens (tertiary/aromatic N) is 2. The summed E-state index contributed by atoms with van der Waals surface area (Å²) < 4.78 is 0. The van der Waals surface area contributed by atoms with Crippen LogP contribution in [0.15, 0.2) is 133 Å². The Morgan fingerprint density at radius 1 is 0.447 bits per heavy atom. The van der Waals surface area contributed by atoms with Crippen molar-refractivity contribution in [2.24, 2.45) is 0 Å². The van der Waals surface area contributed by atoms with Crippen molar-refractivity contribution in [1.82, 2.24) is 9.97 Å². The van der Waals surface area contributed by atoms with E-state index in [1.807, 2.05) is 42.5 Å². The summed E-state index contributed by atoms with van der Waals surface area (Å²) >= 11 is 6.25. The molecule has 0 unspecified atom stereocenters. The molecule has 0 atom stereocenters. The van der Waals surface area contributed by atoms with Gasteiger partial charge in [0.1, 0.15) is 0 Å². The van der Waals surface area contributed by atoms with Crippen molar-refractivity contribution in [3.8, 4) is 56.2 Å². The number of rotatable bonds is 5. The molecule has 1 heterocycles. The first-order valence-electron chi connectivity index (χ1n) is 12.6. The summed E-state index contributed by atoms with van der Waals surface area (Å²) in [5, 5.41) is 0.734. The summed E-state index contributed by atoms with van der Waals surface area (Å²) in [7, 11) is 0. The Kier molecular flexibility index (Phi) is 6.56. The minimum Gasteiger partial charge on any atom is -0.228 e. The summed E-state index contributed by atoms with van der Waals surface area (Å²) in [6.45, 7) is 2.13. The molecule has 6 rings (SSSR count). The SMILES string of the molecule is Cc1cc(-c2cc(-c3ccc(-c4ccccc4)cc3)nc(-c3ccccc3)n2)ccc1-c1cccc(Cl)c1. The van der Waals surface area contributed by atoms with Gasteiger partial charge in [0.05, 0.1) is 11.4 Å². The molecule has 0 aliphatic carbocycles. The second kappa shape index (κ2) is 10.5. The highest BCUT2D eigenvalue weighted by atomic mass is 35.5. The summed E-state index contributed by atoms with van der Waals surface area (Å²) in [5.74, 6) is 0.710. The Labute approximate surface area is 228 Å². The van der Waals surface area contributed by atoms with Crippen LogP contribution in [0.2, 0.25) is 5.02 Å². The molecule has 1 aromatic heterocycles. The van der Waals surface area contributed by atoms with Gasteiger partial charge in [-0.05, 0) is 59.0 Å². The number of halogens is 1. The third kappa shape index (κ3) is 5.00. The molecule has 38 heavy (non-hydrogen) atoms. The van der Waals surface area contributed by atoms with Gasteiger partial charge in [-0.1, -0.05) is 121 Å². The molecular weight excluding hydrogens is 484 g/mol. The molecular formula is C35H25ClN2. The lowest BCUT2D eigenvalue weighted by atomic mass is 9.96. The van der Waals surface area contributed by atoms with Gasteiger partial charge in [0.25, 0.3) is 0 Å². The second-order valence-electron chi connectivity index (χ2n) is 9.31. The van der Waals surface area contributed by atoms with E-state index >= 15 is 0 Å². The van der Waals surface area contributed by atoms with E-state index in [1.54, 1.807) is 0 Å². The standard InChI is InChI=1S/C35H25ClN2/c1-24-21-30(19-20-32(24)29-13-8-14-31(36)22-29)34-23-33(37-35(38-34)28-11-6-3-7-12-28)27-17-15-26(16-18-27)25-9-4-2-5-10-25/h2-23H,1H3. The minimum atomic E-state index is 0.710. The molecule has 0 bridgehead atoms. The van der Waals surface area contributed by atoms with Crippen LogP contribution in [0, 0.1) is 6.92 Å². The average molecular weight is 509 g/mol. The maximum Gasteiger partial charge on any atom is 0.160 e. The van der Waals surface area contributed by atoms with Crippen LogP contribution >= 0.6 is 11.6 Å². The minimum absolute atomic E-state index is 0.710. The van der Waals surface area contributed by atoms with Gasteiger partial charge in [-0.3, -0.25) is 0 Å². The maximum atomic E-state index is 6.25. The zero-order valence-corrected chi connectivity index (χ0v) is 21.7. The monoisotopic (exact) mass is 508 g/mol. The summed E-state index contributed by atoms with van der Waals surface area (Å²) in [4.78, 5) is 9.96. The van der Waals surface area contributed by atoms with Crippen LogP contribution in [0.4, 0.5) is 0 Å². The maximum absolute atomic E-state index is 6.25. The van der Waals surface area contributed by atoms with Gasteiger partial charge in [0.15, 0.2) is 5.82 Å². The Bertz CT molecular complexity index is 1710. The number of hydrogen-bond acceptors (Lipinski definition) is 2. The molecule has 0 fully saturated rings. The molecule has 6 aromatic rings. The van der Waals surface area contributed by atoms with Crippen LogP contribution in [0.1, 0.15) is 5.56 Å². The normalized spacial score (nSPS) is 10.9. The predicted molar refractivity (Wildman–Crippen MR) is 159 cm³/mol. The Morgan fingerprint density at radius 2 is 1.00 bits per heavy atom. The smallest absolute Gasteiger partial charge is 0.160 e. The van der Waals surface area contributed by atoms with Crippen LogP contribution in [0.5, 0.6) is 0 Å². The molecule has 0 aliphatic rings. The third-order valence-electron chi connectivity index (χ3n) is 6.70. The average Bonchev–Trinajstić information content (AvgIpc) is 2.98. The van der Waals surface area contributed by atoms with E-state index in [9.17, 15) is 0 Å². The number of hydrogen-bond donors (Lipinski definition) is 0. The topological polar surface area (TPSA) is 25.8 Å². The molecule has 0 N–H and O–H groups in total. The molecule has 0 amide bonds. The number of aromatic nitrogens is 2. The summed E-state index contributed by atoms with van der Waals surface area (Å²) in [6, 6.07) is 45.6. The van der Waals surface area contributed by atoms with Crippen molar-refractivity contribution in [3.63, 3.8) is 0 Å². The van der Waals surface area contributed by atoms with Gasteiger partial charge in [-0.2, -0.15) is 0 Å². The summed E-state index contributed by atoms with van der Waals surface area (Å²) in [5.41, 5.74) is 10.7. The van der Waals surface area contributed by atoms with Crippen LogP contribution in [-0.4, -0.2) is 9.97 Å². The van der Waals surface area contributed by atoms with E-state index in [-0.39, 0.29) is 0 Å². The van der Waals surface area contributed by atoms with Crippen molar-refractivity contribution >= 4 is 11.6 Å². The van der Waals surface area contributed by atoms with E-state index in [1.165, 1.54) is 16.7 Å². The van der Waals surface area contributed by atoms with Gasteiger partial charge < -0.3 is 0 Å². The Balaban J connectivity index is 1.43. The molecule has 0 radical (unpaired) electrons. The van der Waals surface area contributed by atoms with Crippen LogP contribution < -0.4 is 0 Å². The molecule has 0 spiro atoms. The van der Waals surface area contributed by atoms with Gasteiger partial charge in [0, 0.05) is 21.7 Å². The summed E-state index contributed by atoms with van der Waals surface area (Å²) in [6.07, 6.45) is 0. The molecule has 5 aromatic carbocycles. The van der Waals surface area contributed by atoms with Gasteiger partial charge in [-0.25, -0.2) is 9.97 Å². The van der Waals surface area contributed by atoms with Crippen LogP contribution in [-0.2, 0) is 0 Å². The fourth-order valence-electron chi connectivity index (χ4n) is 4.73. The lowest BCUT2D eigenvalue weighted by Crippen LogP contribution is -1.96. The zero-order chi connectivity index (χ0) is 25.9. The lowest BCUT2D eigenvalue weighted by Gasteiger charge is -2.12. The van der Waals surface area contributed by atoms with Crippen molar-refractivity contribution < 1.29 is 0 Å². The van der Waals surface area contributed by atoms with Crippen molar-refractivity contribution in [2.75, 3.05) is 0 Å². The molecule has 3 heteroatoms. The highest BCUT2D eigenvalue weighted by Gasteiger charge is 2.12. The van der Waals surface area contributed by atoms with Crippen molar-refractivity contribution in [2.45, 2.75) is 6.92 Å². The van der Waals surface area contributed by atoms with Crippen molar-refractivity contribution in [1.29, 1.82) is 0 Å². The van der Waals surface area contributed by atoms with Gasteiger partial charge in [-0.15, -0.1) is 0 Å². The van der Waals surface area contributed by atoms with E-state index in [0.29, 0.717) is 5.82 Å². The predicted octanol–water partition coefficient (Wildman–Crippen LogP) is 9.77. The first-order valence-corrected chi connectivity index (χ1v) is 13.0. The van der Waals surface area contributed by atoms with Gasteiger partial charge in [0.2, 0.25) is 0 Å². The van der Waals surface area contributed by atoms with E-state index in [2.05, 4.69) is 97.9 Å². The fraction of sp³-hybridized carbons (Fsp3) is 0.0286. The quantitative estimate of drug-likeness (QED) is 0.231. The van der Waals surface area contributed by atoms with E-state index in [0.717, 1.165) is 44.2 Å². The Morgan fingerprint density at radius 3 is 1.66 bits per heavy atom. The van der Waals surface area contributed by atoms with Crippen LogP contribution in [0.25, 0.3) is 56.2 Å². The zero-order valence-electron chi connectivity index (χ0n) is 21.0. The fourth-order valence-corrected chi connectivity index (χ4v) is 4.92. The van der Waals surface area contributed by atoms with E-state index in [4.69, 9.17) is 21.6 Å². The molecule has 0 aliphatic heterocycles. The lowest BCUT2D eigenvalue weighted by molar-refractivity contribution is 1.18. The van der Waals surface area contributed by atoms with Crippen LogP contribution in [0.3, 0.4) is 0 Å². The number of benzene rings is 5. The number of aryl methyl sites for hydroxylation is 1. The molecule has 182 valence electrons. The highest BCUT2D eigenvalue weighted by Crippen LogP contribution is 2.32. The third-order valence-corrected chi connectivity index (χ3v) is 6.94. The largest absolute Gasteiger partial charge is 0.228 e. The molecule has 0 saturated heterocycles. The molecule has 0 saturated carbocycles. The Hall–Kier alpha value is -4.53. The first kappa shape index (κ1) is 23.8. The van der Waals surface area contributed by atoms with E-state index < -0.39 is 0 Å². The molecule has 2 nitrogen and oxygen atoms in total. The first-order chi connectivity index (χ1) is 18.6. The highest BCUT2D eigenvalue weighted by molar-refractivity contribution is 6.30.